The summed E-state index contributed by atoms with van der Waals surface area (Å²) in [6.07, 6.45) is -2.01. The minimum Gasteiger partial charge on any atom is -0.395 e. The zero-order valence-electron chi connectivity index (χ0n) is 21.0. The van der Waals surface area contributed by atoms with Gasteiger partial charge in [0.05, 0.1) is 23.4 Å². The van der Waals surface area contributed by atoms with Gasteiger partial charge in [-0.05, 0) is 48.7 Å². The Morgan fingerprint density at radius 1 is 1.10 bits per heavy atom. The van der Waals surface area contributed by atoms with Crippen LogP contribution in [0.15, 0.2) is 42.0 Å². The standard InChI is InChI=1S/C26H28F4N6O2S/c27-23(28)17-5-9-35(10-6-17)21-15-19(34-39-14-13-37)2-3-20(21)25(38)33-22-4-1-18(16-31)24(32-22)36-11-7-26(29,30)8-12-36/h1-4,15,34,37H,5-14H2,(H,32,33,38). The minimum absolute atomic E-state index is 0.0134. The van der Waals surface area contributed by atoms with E-state index >= 15 is 0 Å². The molecule has 3 N–H and O–H groups in total. The van der Waals surface area contributed by atoms with E-state index in [4.69, 9.17) is 5.11 Å². The fourth-order valence-corrected chi connectivity index (χ4v) is 5.00. The number of piperidine rings is 2. The molecule has 2 fully saturated rings. The summed E-state index contributed by atoms with van der Waals surface area (Å²) in [6.45, 7) is 0.659. The van der Waals surface area contributed by atoms with Gasteiger partial charge in [-0.15, -0.1) is 0 Å². The van der Waals surface area contributed by atoms with E-state index in [0.717, 1.165) is 0 Å². The first-order chi connectivity index (χ1) is 18.7. The van der Waals surface area contributed by atoms with Gasteiger partial charge in [0.1, 0.15) is 17.7 Å². The molecule has 1 aromatic heterocycles. The molecule has 0 spiro atoms. The van der Waals surface area contributed by atoms with Crippen molar-refractivity contribution in [1.82, 2.24) is 4.98 Å². The minimum atomic E-state index is -2.76. The molecule has 2 aliphatic rings. The van der Waals surface area contributed by atoms with Gasteiger partial charge in [0.25, 0.3) is 17.9 Å². The molecule has 0 saturated carbocycles. The number of benzene rings is 1. The quantitative estimate of drug-likeness (QED) is 0.227. The van der Waals surface area contributed by atoms with Crippen LogP contribution in [-0.4, -0.2) is 60.5 Å². The number of nitrogens with zero attached hydrogens (tertiary/aromatic N) is 4. The van der Waals surface area contributed by atoms with E-state index in [1.807, 2.05) is 11.0 Å². The van der Waals surface area contributed by atoms with Crippen LogP contribution in [0.2, 0.25) is 0 Å². The molecule has 8 nitrogen and oxygen atoms in total. The topological polar surface area (TPSA) is 105 Å². The molecular weight excluding hydrogens is 536 g/mol. The van der Waals surface area contributed by atoms with Crippen LogP contribution < -0.4 is 19.8 Å². The van der Waals surface area contributed by atoms with Crippen molar-refractivity contribution in [1.29, 1.82) is 5.26 Å². The molecule has 4 rings (SSSR count). The van der Waals surface area contributed by atoms with Crippen LogP contribution in [-0.2, 0) is 0 Å². The van der Waals surface area contributed by atoms with Crippen molar-refractivity contribution in [2.75, 3.05) is 58.4 Å². The molecule has 2 aliphatic heterocycles. The van der Waals surface area contributed by atoms with Gasteiger partial charge < -0.3 is 24.9 Å². The third-order valence-electron chi connectivity index (χ3n) is 6.63. The number of aliphatic hydroxyl groups excluding tert-OH is 1. The van der Waals surface area contributed by atoms with Gasteiger partial charge in [-0.25, -0.2) is 13.8 Å². The van der Waals surface area contributed by atoms with E-state index in [0.29, 0.717) is 35.8 Å². The molecule has 0 aliphatic carbocycles. The summed E-state index contributed by atoms with van der Waals surface area (Å²) in [4.78, 5) is 21.3. The molecule has 3 heterocycles. The molecular formula is C26H28F4N6O2S. The molecule has 0 radical (unpaired) electrons. The predicted molar refractivity (Wildman–Crippen MR) is 144 cm³/mol. The normalized spacial score (nSPS) is 17.0. The number of halogens is 4. The highest BCUT2D eigenvalue weighted by Gasteiger charge is 2.35. The SMILES string of the molecule is N#Cc1ccc(NC(=O)c2ccc(NSCCO)cc2N2CCC(=C(F)F)CC2)nc1N1CCC(F)(F)CC1. The van der Waals surface area contributed by atoms with Crippen molar-refractivity contribution in [3.8, 4) is 6.07 Å². The zero-order valence-corrected chi connectivity index (χ0v) is 21.8. The summed E-state index contributed by atoms with van der Waals surface area (Å²) in [6, 6.07) is 10.1. The summed E-state index contributed by atoms with van der Waals surface area (Å²) in [5.41, 5.74) is 1.85. The lowest BCUT2D eigenvalue weighted by molar-refractivity contribution is -0.0221. The molecule has 208 valence electrons. The Morgan fingerprint density at radius 2 is 1.82 bits per heavy atom. The van der Waals surface area contributed by atoms with E-state index in [1.54, 1.807) is 23.1 Å². The van der Waals surface area contributed by atoms with Crippen molar-refractivity contribution < 1.29 is 27.5 Å². The number of alkyl halides is 2. The highest BCUT2D eigenvalue weighted by atomic mass is 32.2. The molecule has 13 heteroatoms. The lowest BCUT2D eigenvalue weighted by Gasteiger charge is -2.33. The van der Waals surface area contributed by atoms with Gasteiger partial charge in [-0.3, -0.25) is 4.79 Å². The maximum absolute atomic E-state index is 13.7. The van der Waals surface area contributed by atoms with Crippen LogP contribution in [0.3, 0.4) is 0 Å². The van der Waals surface area contributed by atoms with Crippen molar-refractivity contribution in [2.24, 2.45) is 0 Å². The average Bonchev–Trinajstić information content (AvgIpc) is 2.93. The Hall–Kier alpha value is -3.50. The Morgan fingerprint density at radius 3 is 2.46 bits per heavy atom. The molecule has 2 saturated heterocycles. The van der Waals surface area contributed by atoms with E-state index in [9.17, 15) is 27.6 Å². The van der Waals surface area contributed by atoms with Gasteiger partial charge >= 0.3 is 0 Å². The highest BCUT2D eigenvalue weighted by molar-refractivity contribution is 8.00. The number of aliphatic hydroxyl groups is 1. The number of pyridine rings is 1. The van der Waals surface area contributed by atoms with Crippen LogP contribution in [0.25, 0.3) is 0 Å². The third-order valence-corrected chi connectivity index (χ3v) is 7.40. The van der Waals surface area contributed by atoms with Gasteiger partial charge in [0.2, 0.25) is 0 Å². The monoisotopic (exact) mass is 564 g/mol. The first-order valence-corrected chi connectivity index (χ1v) is 13.5. The second kappa shape index (κ2) is 12.6. The van der Waals surface area contributed by atoms with Crippen LogP contribution in [0.1, 0.15) is 41.6 Å². The molecule has 1 aromatic carbocycles. The summed E-state index contributed by atoms with van der Waals surface area (Å²) < 4.78 is 56.6. The Balaban J connectivity index is 1.58. The lowest BCUT2D eigenvalue weighted by Crippen LogP contribution is -2.40. The predicted octanol–water partition coefficient (Wildman–Crippen LogP) is 5.24. The number of nitriles is 1. The van der Waals surface area contributed by atoms with Crippen molar-refractivity contribution in [3.05, 3.63) is 53.1 Å². The highest BCUT2D eigenvalue weighted by Crippen LogP contribution is 2.33. The van der Waals surface area contributed by atoms with Crippen LogP contribution in [0, 0.1) is 11.3 Å². The smallest absolute Gasteiger partial charge is 0.269 e. The van der Waals surface area contributed by atoms with Crippen molar-refractivity contribution in [3.63, 3.8) is 0 Å². The second-order valence-electron chi connectivity index (χ2n) is 9.23. The number of rotatable bonds is 8. The average molecular weight is 565 g/mol. The van der Waals surface area contributed by atoms with Gasteiger partial charge in [0.15, 0.2) is 0 Å². The Labute approximate surface area is 227 Å². The largest absolute Gasteiger partial charge is 0.395 e. The van der Waals surface area contributed by atoms with E-state index in [1.165, 1.54) is 24.1 Å². The van der Waals surface area contributed by atoms with E-state index in [2.05, 4.69) is 15.0 Å². The number of amides is 1. The molecule has 0 bridgehead atoms. The van der Waals surface area contributed by atoms with Gasteiger partial charge in [0, 0.05) is 50.5 Å². The first kappa shape index (κ1) is 28.5. The molecule has 0 atom stereocenters. The number of nitrogens with one attached hydrogen (secondary N) is 2. The number of anilines is 4. The maximum atomic E-state index is 13.7. The number of hydrogen-bond donors (Lipinski definition) is 3. The summed E-state index contributed by atoms with van der Waals surface area (Å²) in [5, 5.41) is 21.3. The maximum Gasteiger partial charge on any atom is 0.269 e. The van der Waals surface area contributed by atoms with Crippen LogP contribution >= 0.6 is 11.9 Å². The number of carbonyl (C=O) groups excluding carboxylic acids is 1. The fraction of sp³-hybridized carbons (Fsp3) is 0.423. The van der Waals surface area contributed by atoms with Gasteiger partial charge in [-0.1, -0.05) is 11.9 Å². The summed E-state index contributed by atoms with van der Waals surface area (Å²) in [7, 11) is 0. The molecule has 39 heavy (non-hydrogen) atoms. The third kappa shape index (κ3) is 7.13. The van der Waals surface area contributed by atoms with Crippen LogP contribution in [0.4, 0.5) is 40.6 Å². The summed E-state index contributed by atoms with van der Waals surface area (Å²) >= 11 is 1.29. The van der Waals surface area contributed by atoms with Crippen LogP contribution in [0.5, 0.6) is 0 Å². The number of aromatic nitrogens is 1. The molecule has 0 unspecified atom stereocenters. The zero-order chi connectivity index (χ0) is 28.0. The van der Waals surface area contributed by atoms with E-state index in [-0.39, 0.29) is 68.2 Å². The van der Waals surface area contributed by atoms with E-state index < -0.39 is 17.9 Å². The Bertz CT molecular complexity index is 1260. The Kier molecular flexibility index (Phi) is 9.19. The number of carbonyl (C=O) groups is 1. The van der Waals surface area contributed by atoms with Crippen molar-refractivity contribution in [2.45, 2.75) is 31.6 Å². The summed E-state index contributed by atoms with van der Waals surface area (Å²) in [5.74, 6) is -2.42. The molecule has 1 amide bonds. The number of hydrogen-bond acceptors (Lipinski definition) is 8. The fourth-order valence-electron chi connectivity index (χ4n) is 4.51. The molecule has 2 aromatic rings. The lowest BCUT2D eigenvalue weighted by atomic mass is 10.0. The first-order valence-electron chi connectivity index (χ1n) is 12.5. The van der Waals surface area contributed by atoms with Gasteiger partial charge in [-0.2, -0.15) is 14.0 Å². The van der Waals surface area contributed by atoms with Crippen molar-refractivity contribution >= 4 is 40.9 Å². The second-order valence-corrected chi connectivity index (χ2v) is 10.1.